The summed E-state index contributed by atoms with van der Waals surface area (Å²) in [6.45, 7) is 7.26. The predicted octanol–water partition coefficient (Wildman–Crippen LogP) is 3.83. The summed E-state index contributed by atoms with van der Waals surface area (Å²) in [6, 6.07) is 10.3. The first-order valence-corrected chi connectivity index (χ1v) is 8.60. The van der Waals surface area contributed by atoms with Crippen molar-refractivity contribution in [3.05, 3.63) is 73.0 Å². The molecule has 1 N–H and O–H groups in total. The highest BCUT2D eigenvalue weighted by atomic mass is 19.1. The SMILES string of the molecule is C=CCN1CCn2nc(Nc3ccc(F)cc3)c(-c3ccncc3)c2C1. The van der Waals surface area contributed by atoms with E-state index in [2.05, 4.69) is 26.5 Å². The average molecular weight is 349 g/mol. The second-order valence-electron chi connectivity index (χ2n) is 6.29. The van der Waals surface area contributed by atoms with Crippen LogP contribution >= 0.6 is 0 Å². The Morgan fingerprint density at radius 2 is 1.88 bits per heavy atom. The lowest BCUT2D eigenvalue weighted by Crippen LogP contribution is -2.34. The fourth-order valence-electron chi connectivity index (χ4n) is 3.29. The van der Waals surface area contributed by atoms with Gasteiger partial charge >= 0.3 is 0 Å². The second kappa shape index (κ2) is 7.09. The lowest BCUT2D eigenvalue weighted by Gasteiger charge is -2.27. The van der Waals surface area contributed by atoms with Gasteiger partial charge in [0.1, 0.15) is 5.82 Å². The zero-order chi connectivity index (χ0) is 17.9. The predicted molar refractivity (Wildman–Crippen MR) is 101 cm³/mol. The van der Waals surface area contributed by atoms with Gasteiger partial charge in [0.05, 0.1) is 12.2 Å². The Kier molecular flexibility index (Phi) is 4.50. The van der Waals surface area contributed by atoms with E-state index in [4.69, 9.17) is 5.10 Å². The van der Waals surface area contributed by atoms with Gasteiger partial charge in [-0.25, -0.2) is 4.39 Å². The quantitative estimate of drug-likeness (QED) is 0.711. The monoisotopic (exact) mass is 349 g/mol. The number of rotatable bonds is 5. The molecule has 0 saturated carbocycles. The summed E-state index contributed by atoms with van der Waals surface area (Å²) >= 11 is 0. The number of hydrogen-bond acceptors (Lipinski definition) is 4. The number of hydrogen-bond donors (Lipinski definition) is 1. The third-order valence-corrected chi connectivity index (χ3v) is 4.52. The molecule has 0 saturated heterocycles. The van der Waals surface area contributed by atoms with Crippen molar-refractivity contribution in [1.29, 1.82) is 0 Å². The van der Waals surface area contributed by atoms with Gasteiger partial charge < -0.3 is 5.32 Å². The molecule has 6 heteroatoms. The van der Waals surface area contributed by atoms with Crippen LogP contribution in [0.1, 0.15) is 5.69 Å². The van der Waals surface area contributed by atoms with Crippen LogP contribution in [0.5, 0.6) is 0 Å². The molecule has 0 atom stereocenters. The Hall–Kier alpha value is -2.99. The van der Waals surface area contributed by atoms with Crippen LogP contribution in [0.15, 0.2) is 61.4 Å². The van der Waals surface area contributed by atoms with Crippen molar-refractivity contribution in [3.63, 3.8) is 0 Å². The maximum atomic E-state index is 13.2. The normalized spacial score (nSPS) is 14.0. The van der Waals surface area contributed by atoms with Gasteiger partial charge in [-0.05, 0) is 42.0 Å². The van der Waals surface area contributed by atoms with Crippen molar-refractivity contribution >= 4 is 11.5 Å². The summed E-state index contributed by atoms with van der Waals surface area (Å²) in [7, 11) is 0. The van der Waals surface area contributed by atoms with Crippen LogP contribution < -0.4 is 5.32 Å². The number of fused-ring (bicyclic) bond motifs is 1. The van der Waals surface area contributed by atoms with E-state index in [9.17, 15) is 4.39 Å². The minimum atomic E-state index is -0.255. The first-order valence-electron chi connectivity index (χ1n) is 8.60. The molecule has 0 unspecified atom stereocenters. The first-order chi connectivity index (χ1) is 12.7. The summed E-state index contributed by atoms with van der Waals surface area (Å²) in [5.74, 6) is 0.521. The van der Waals surface area contributed by atoms with Crippen molar-refractivity contribution in [2.75, 3.05) is 18.4 Å². The van der Waals surface area contributed by atoms with Crippen molar-refractivity contribution < 1.29 is 4.39 Å². The van der Waals surface area contributed by atoms with Crippen molar-refractivity contribution in [2.24, 2.45) is 0 Å². The maximum absolute atomic E-state index is 13.2. The molecule has 2 aromatic heterocycles. The molecule has 1 aliphatic heterocycles. The average Bonchev–Trinajstić information content (AvgIpc) is 3.02. The highest BCUT2D eigenvalue weighted by Gasteiger charge is 2.24. The van der Waals surface area contributed by atoms with Gasteiger partial charge in [-0.2, -0.15) is 5.10 Å². The molecular formula is C20H20FN5. The smallest absolute Gasteiger partial charge is 0.160 e. The van der Waals surface area contributed by atoms with Crippen LogP contribution in [0.3, 0.4) is 0 Å². The molecular weight excluding hydrogens is 329 g/mol. The number of anilines is 2. The molecule has 132 valence electrons. The number of benzene rings is 1. The molecule has 1 aromatic carbocycles. The molecule has 5 nitrogen and oxygen atoms in total. The fraction of sp³-hybridized carbons (Fsp3) is 0.200. The summed E-state index contributed by atoms with van der Waals surface area (Å²) in [6.07, 6.45) is 5.49. The van der Waals surface area contributed by atoms with Gasteiger partial charge in [0.25, 0.3) is 0 Å². The molecule has 0 aliphatic carbocycles. The Bertz CT molecular complexity index is 902. The van der Waals surface area contributed by atoms with Gasteiger partial charge in [-0.15, -0.1) is 6.58 Å². The highest BCUT2D eigenvalue weighted by molar-refractivity contribution is 5.80. The Morgan fingerprint density at radius 1 is 1.12 bits per heavy atom. The zero-order valence-corrected chi connectivity index (χ0v) is 14.4. The summed E-state index contributed by atoms with van der Waals surface area (Å²) in [5, 5.41) is 8.12. The Labute approximate surface area is 151 Å². The first kappa shape index (κ1) is 16.5. The van der Waals surface area contributed by atoms with Crippen molar-refractivity contribution in [1.82, 2.24) is 19.7 Å². The van der Waals surface area contributed by atoms with Crippen LogP contribution in [0.4, 0.5) is 15.9 Å². The molecule has 3 aromatic rings. The van der Waals surface area contributed by atoms with Crippen LogP contribution in [-0.2, 0) is 13.1 Å². The van der Waals surface area contributed by atoms with Crippen molar-refractivity contribution in [3.8, 4) is 11.1 Å². The standard InChI is InChI=1S/C20H20FN5/c1-2-11-25-12-13-26-18(14-25)19(15-7-9-22-10-8-15)20(24-26)23-17-5-3-16(21)4-6-17/h2-10H,1,11-14H2,(H,23,24). The van der Waals surface area contributed by atoms with E-state index in [1.165, 1.54) is 12.1 Å². The molecule has 0 fully saturated rings. The molecule has 1 aliphatic rings. The lowest BCUT2D eigenvalue weighted by atomic mass is 10.1. The van der Waals surface area contributed by atoms with Crippen LogP contribution in [0, 0.1) is 5.82 Å². The van der Waals surface area contributed by atoms with Crippen LogP contribution in [0.2, 0.25) is 0 Å². The summed E-state index contributed by atoms with van der Waals surface area (Å²) < 4.78 is 15.3. The van der Waals surface area contributed by atoms with Crippen molar-refractivity contribution in [2.45, 2.75) is 13.1 Å². The minimum Gasteiger partial charge on any atom is -0.338 e. The second-order valence-corrected chi connectivity index (χ2v) is 6.29. The highest BCUT2D eigenvalue weighted by Crippen LogP contribution is 2.35. The van der Waals surface area contributed by atoms with Gasteiger partial charge in [-0.1, -0.05) is 6.08 Å². The van der Waals surface area contributed by atoms with E-state index in [0.29, 0.717) is 0 Å². The summed E-state index contributed by atoms with van der Waals surface area (Å²) in [5.41, 5.74) is 4.09. The Morgan fingerprint density at radius 3 is 2.62 bits per heavy atom. The largest absolute Gasteiger partial charge is 0.338 e. The van der Waals surface area contributed by atoms with Crippen LogP contribution in [-0.4, -0.2) is 32.8 Å². The number of halogens is 1. The lowest BCUT2D eigenvalue weighted by molar-refractivity contribution is 0.235. The minimum absolute atomic E-state index is 0.255. The molecule has 0 spiro atoms. The van der Waals surface area contributed by atoms with E-state index in [-0.39, 0.29) is 5.82 Å². The van der Waals surface area contributed by atoms with Gasteiger partial charge in [-0.3, -0.25) is 14.6 Å². The number of nitrogens with one attached hydrogen (secondary N) is 1. The number of nitrogens with zero attached hydrogens (tertiary/aromatic N) is 4. The van der Waals surface area contributed by atoms with E-state index in [0.717, 1.165) is 54.5 Å². The maximum Gasteiger partial charge on any atom is 0.160 e. The van der Waals surface area contributed by atoms with Gasteiger partial charge in [0.2, 0.25) is 0 Å². The van der Waals surface area contributed by atoms with Gasteiger partial charge in [0, 0.05) is 43.3 Å². The fourth-order valence-corrected chi connectivity index (χ4v) is 3.29. The van der Waals surface area contributed by atoms with E-state index < -0.39 is 0 Å². The topological polar surface area (TPSA) is 46.0 Å². The van der Waals surface area contributed by atoms with E-state index >= 15 is 0 Å². The molecule has 0 bridgehead atoms. The molecule has 0 amide bonds. The third kappa shape index (κ3) is 3.23. The van der Waals surface area contributed by atoms with Crippen LogP contribution in [0.25, 0.3) is 11.1 Å². The van der Waals surface area contributed by atoms with E-state index in [1.807, 2.05) is 18.2 Å². The molecule has 0 radical (unpaired) electrons. The van der Waals surface area contributed by atoms with E-state index in [1.54, 1.807) is 24.5 Å². The number of pyridine rings is 1. The Balaban J connectivity index is 1.76. The third-order valence-electron chi connectivity index (χ3n) is 4.52. The van der Waals surface area contributed by atoms with Gasteiger partial charge in [0.15, 0.2) is 5.82 Å². The molecule has 26 heavy (non-hydrogen) atoms. The zero-order valence-electron chi connectivity index (χ0n) is 14.4. The summed E-state index contributed by atoms with van der Waals surface area (Å²) in [4.78, 5) is 6.47. The molecule has 4 rings (SSSR count). The number of aromatic nitrogens is 3. The molecule has 3 heterocycles.